The highest BCUT2D eigenvalue weighted by molar-refractivity contribution is 5.95. The van der Waals surface area contributed by atoms with Crippen LogP contribution in [0.3, 0.4) is 0 Å². The second-order valence-corrected chi connectivity index (χ2v) is 5.96. The summed E-state index contributed by atoms with van der Waals surface area (Å²) < 4.78 is 1.05. The first-order valence-electron chi connectivity index (χ1n) is 7.07. The zero-order valence-corrected chi connectivity index (χ0v) is 13.2. The third kappa shape index (κ3) is 3.75. The second kappa shape index (κ2) is 6.21. The molecule has 0 saturated heterocycles. The number of rotatable bonds is 4. The van der Waals surface area contributed by atoms with Gasteiger partial charge in [-0.1, -0.05) is 12.1 Å². The van der Waals surface area contributed by atoms with Crippen LogP contribution in [0.2, 0.25) is 0 Å². The zero-order chi connectivity index (χ0) is 17.2. The van der Waals surface area contributed by atoms with E-state index < -0.39 is 22.8 Å². The van der Waals surface area contributed by atoms with Gasteiger partial charge in [0.15, 0.2) is 11.4 Å². The van der Waals surface area contributed by atoms with Gasteiger partial charge in [0.25, 0.3) is 11.5 Å². The number of aromatic hydroxyl groups is 1. The number of benzene rings is 1. The number of aromatic nitrogens is 2. The highest BCUT2D eigenvalue weighted by Gasteiger charge is 2.24. The predicted molar refractivity (Wildman–Crippen MR) is 84.9 cm³/mol. The van der Waals surface area contributed by atoms with E-state index in [4.69, 9.17) is 0 Å². The smallest absolute Gasteiger partial charge is 0.276 e. The van der Waals surface area contributed by atoms with E-state index >= 15 is 0 Å². The van der Waals surface area contributed by atoms with Gasteiger partial charge in [0.1, 0.15) is 0 Å². The normalized spacial score (nSPS) is 11.3. The van der Waals surface area contributed by atoms with Crippen LogP contribution in [-0.4, -0.2) is 38.0 Å². The van der Waals surface area contributed by atoms with Crippen molar-refractivity contribution in [1.29, 1.82) is 0 Å². The summed E-state index contributed by atoms with van der Waals surface area (Å²) in [5.41, 5.74) is -0.295. The average molecular weight is 317 g/mol. The standard InChI is InChI=1S/C16H19N3O4/c1-10-5-4-6-11(7-10)19-13(22)8-12(21)14(18-19)15(23)17-16(2,3)9-20/h4-8,20-21H,9H2,1-3H3,(H,17,23). The Balaban J connectivity index is 2.49. The van der Waals surface area contributed by atoms with Crippen molar-refractivity contribution in [2.75, 3.05) is 6.61 Å². The van der Waals surface area contributed by atoms with Gasteiger partial charge in [-0.3, -0.25) is 9.59 Å². The molecule has 2 aromatic rings. The molecule has 0 radical (unpaired) electrons. The SMILES string of the molecule is Cc1cccc(-n2nc(C(=O)NC(C)(C)CO)c(O)cc2=O)c1. The maximum absolute atomic E-state index is 12.2. The van der Waals surface area contributed by atoms with Crippen LogP contribution in [0.5, 0.6) is 5.75 Å². The molecule has 0 aliphatic carbocycles. The first kappa shape index (κ1) is 16.7. The molecule has 2 rings (SSSR count). The van der Waals surface area contributed by atoms with Crippen molar-refractivity contribution in [3.63, 3.8) is 0 Å². The number of aryl methyl sites for hydroxylation is 1. The third-order valence-corrected chi connectivity index (χ3v) is 3.22. The largest absolute Gasteiger partial charge is 0.505 e. The summed E-state index contributed by atoms with van der Waals surface area (Å²) in [6.07, 6.45) is 0. The fourth-order valence-corrected chi connectivity index (χ4v) is 1.96. The fourth-order valence-electron chi connectivity index (χ4n) is 1.96. The number of hydrogen-bond acceptors (Lipinski definition) is 5. The molecule has 122 valence electrons. The van der Waals surface area contributed by atoms with Crippen LogP contribution in [0.1, 0.15) is 29.9 Å². The lowest BCUT2D eigenvalue weighted by molar-refractivity contribution is 0.0859. The number of nitrogens with one attached hydrogen (secondary N) is 1. The molecule has 1 aromatic carbocycles. The van der Waals surface area contributed by atoms with Crippen molar-refractivity contribution in [2.24, 2.45) is 0 Å². The quantitative estimate of drug-likeness (QED) is 0.772. The second-order valence-electron chi connectivity index (χ2n) is 5.96. The van der Waals surface area contributed by atoms with Gasteiger partial charge in [0.2, 0.25) is 0 Å². The van der Waals surface area contributed by atoms with E-state index in [1.165, 1.54) is 0 Å². The molecule has 0 aliphatic rings. The van der Waals surface area contributed by atoms with Crippen LogP contribution in [0.25, 0.3) is 5.69 Å². The van der Waals surface area contributed by atoms with Gasteiger partial charge < -0.3 is 15.5 Å². The predicted octanol–water partition coefficient (Wildman–Crippen LogP) is 0.747. The Morgan fingerprint density at radius 2 is 2.04 bits per heavy atom. The van der Waals surface area contributed by atoms with Crippen molar-refractivity contribution in [3.8, 4) is 11.4 Å². The highest BCUT2D eigenvalue weighted by atomic mass is 16.3. The Hall–Kier alpha value is -2.67. The zero-order valence-electron chi connectivity index (χ0n) is 13.2. The van der Waals surface area contributed by atoms with Crippen molar-refractivity contribution < 1.29 is 15.0 Å². The van der Waals surface area contributed by atoms with Crippen LogP contribution < -0.4 is 10.9 Å². The van der Waals surface area contributed by atoms with Crippen molar-refractivity contribution in [1.82, 2.24) is 15.1 Å². The Bertz CT molecular complexity index is 796. The van der Waals surface area contributed by atoms with E-state index in [-0.39, 0.29) is 12.3 Å². The Kier molecular flexibility index (Phi) is 4.51. The molecule has 1 heterocycles. The van der Waals surface area contributed by atoms with Crippen LogP contribution in [-0.2, 0) is 0 Å². The Morgan fingerprint density at radius 1 is 1.35 bits per heavy atom. The van der Waals surface area contributed by atoms with Gasteiger partial charge in [-0.25, -0.2) is 0 Å². The lowest BCUT2D eigenvalue weighted by Crippen LogP contribution is -2.46. The fraction of sp³-hybridized carbons (Fsp3) is 0.312. The monoisotopic (exact) mass is 317 g/mol. The molecule has 23 heavy (non-hydrogen) atoms. The maximum Gasteiger partial charge on any atom is 0.276 e. The van der Waals surface area contributed by atoms with Crippen LogP contribution >= 0.6 is 0 Å². The number of nitrogens with zero attached hydrogens (tertiary/aromatic N) is 2. The molecule has 0 saturated carbocycles. The first-order chi connectivity index (χ1) is 10.7. The molecule has 0 spiro atoms. The summed E-state index contributed by atoms with van der Waals surface area (Å²) in [4.78, 5) is 24.3. The number of carbonyl (C=O) groups is 1. The maximum atomic E-state index is 12.2. The van der Waals surface area contributed by atoms with Gasteiger partial charge >= 0.3 is 0 Å². The lowest BCUT2D eigenvalue weighted by atomic mass is 10.1. The number of aliphatic hydroxyl groups is 1. The van der Waals surface area contributed by atoms with Gasteiger partial charge in [-0.05, 0) is 38.5 Å². The minimum absolute atomic E-state index is 0.281. The summed E-state index contributed by atoms with van der Waals surface area (Å²) in [5.74, 6) is -1.19. The van der Waals surface area contributed by atoms with E-state index in [1.807, 2.05) is 13.0 Å². The summed E-state index contributed by atoms with van der Waals surface area (Å²) in [5, 5.41) is 25.6. The molecule has 3 N–H and O–H groups in total. The van der Waals surface area contributed by atoms with Gasteiger partial charge in [-0.15, -0.1) is 0 Å². The number of amides is 1. The summed E-state index contributed by atoms with van der Waals surface area (Å²) in [7, 11) is 0. The minimum atomic E-state index is -0.879. The van der Waals surface area contributed by atoms with Crippen LogP contribution in [0.15, 0.2) is 35.1 Å². The molecular formula is C16H19N3O4. The summed E-state index contributed by atoms with van der Waals surface area (Å²) in [6, 6.07) is 7.99. The Labute approximate surface area is 133 Å². The Morgan fingerprint density at radius 3 is 2.65 bits per heavy atom. The summed E-state index contributed by atoms with van der Waals surface area (Å²) in [6.45, 7) is 4.83. The van der Waals surface area contributed by atoms with E-state index in [0.29, 0.717) is 5.69 Å². The molecule has 1 aromatic heterocycles. The lowest BCUT2D eigenvalue weighted by Gasteiger charge is -2.23. The highest BCUT2D eigenvalue weighted by Crippen LogP contribution is 2.14. The van der Waals surface area contributed by atoms with E-state index in [1.54, 1.807) is 32.0 Å². The minimum Gasteiger partial charge on any atom is -0.505 e. The number of aliphatic hydroxyl groups excluding tert-OH is 1. The molecule has 0 unspecified atom stereocenters. The molecule has 0 atom stereocenters. The van der Waals surface area contributed by atoms with E-state index in [9.17, 15) is 19.8 Å². The van der Waals surface area contributed by atoms with Crippen molar-refractivity contribution >= 4 is 5.91 Å². The number of hydrogen-bond donors (Lipinski definition) is 3. The van der Waals surface area contributed by atoms with Crippen molar-refractivity contribution in [3.05, 3.63) is 51.9 Å². The molecule has 0 bridgehead atoms. The van der Waals surface area contributed by atoms with E-state index in [0.717, 1.165) is 16.3 Å². The van der Waals surface area contributed by atoms with Crippen LogP contribution in [0.4, 0.5) is 0 Å². The average Bonchev–Trinajstić information content (AvgIpc) is 2.46. The summed E-state index contributed by atoms with van der Waals surface area (Å²) >= 11 is 0. The van der Waals surface area contributed by atoms with E-state index in [2.05, 4.69) is 10.4 Å². The molecule has 7 nitrogen and oxygen atoms in total. The molecule has 7 heteroatoms. The third-order valence-electron chi connectivity index (χ3n) is 3.22. The molecular weight excluding hydrogens is 298 g/mol. The van der Waals surface area contributed by atoms with Crippen molar-refractivity contribution in [2.45, 2.75) is 26.3 Å². The molecule has 1 amide bonds. The van der Waals surface area contributed by atoms with Gasteiger partial charge in [0, 0.05) is 6.07 Å². The molecule has 0 aliphatic heterocycles. The van der Waals surface area contributed by atoms with Gasteiger partial charge in [0.05, 0.1) is 17.8 Å². The first-order valence-corrected chi connectivity index (χ1v) is 7.07. The molecule has 0 fully saturated rings. The number of carbonyl (C=O) groups excluding carboxylic acids is 1. The van der Waals surface area contributed by atoms with Gasteiger partial charge in [-0.2, -0.15) is 9.78 Å². The van der Waals surface area contributed by atoms with Crippen LogP contribution in [0, 0.1) is 6.92 Å². The topological polar surface area (TPSA) is 104 Å².